The van der Waals surface area contributed by atoms with Gasteiger partial charge in [-0.15, -0.1) is 0 Å². The van der Waals surface area contributed by atoms with Crippen molar-refractivity contribution in [1.29, 1.82) is 0 Å². The van der Waals surface area contributed by atoms with Gasteiger partial charge in [0.25, 0.3) is 0 Å². The summed E-state index contributed by atoms with van der Waals surface area (Å²) in [4.78, 5) is 19.8. The number of nitrogens with zero attached hydrogens (tertiary/aromatic N) is 2. The molecular formula is C10H11N2O3P. The Balaban J connectivity index is 2.63. The van der Waals surface area contributed by atoms with Crippen LogP contribution in [-0.4, -0.2) is 9.99 Å². The molecule has 0 spiro atoms. The third kappa shape index (κ3) is 2.44. The fraction of sp³-hybridized carbons (Fsp3) is 0.200. The molecule has 1 aromatic heterocycles. The van der Waals surface area contributed by atoms with E-state index in [0.717, 1.165) is 5.39 Å². The Morgan fingerprint density at radius 2 is 2.19 bits per heavy atom. The Morgan fingerprint density at radius 1 is 1.50 bits per heavy atom. The summed E-state index contributed by atoms with van der Waals surface area (Å²) in [5.74, 6) is 0. The van der Waals surface area contributed by atoms with Gasteiger partial charge in [0.15, 0.2) is 13.2 Å². The minimum atomic E-state index is -4.30. The first kappa shape index (κ1) is 11.2. The molecule has 5 nitrogen and oxygen atoms in total. The van der Waals surface area contributed by atoms with Crippen LogP contribution in [0, 0.1) is 0 Å². The smallest absolute Gasteiger partial charge is 0.200 e. The van der Waals surface area contributed by atoms with Crippen LogP contribution in [0.5, 0.6) is 0 Å². The van der Waals surface area contributed by atoms with E-state index in [0.29, 0.717) is 11.1 Å². The van der Waals surface area contributed by atoms with E-state index in [1.807, 2.05) is 6.07 Å². The van der Waals surface area contributed by atoms with Crippen molar-refractivity contribution in [2.75, 3.05) is 0 Å². The standard InChI is InChI=1S/C10H11N2O3P/c1-12-6-8(7-16(13,14)15)9-4-2-3-5-10(9)11-12/h2-6H,7H2,1H3,(H-,13,14,15). The molecule has 1 heterocycles. The summed E-state index contributed by atoms with van der Waals surface area (Å²) in [6.07, 6.45) is 1.23. The molecule has 84 valence electrons. The predicted molar refractivity (Wildman–Crippen MR) is 56.4 cm³/mol. The number of aryl methyl sites for hydroxylation is 1. The first-order valence-corrected chi connectivity index (χ1v) is 6.49. The average molecular weight is 238 g/mol. The zero-order valence-electron chi connectivity index (χ0n) is 8.70. The molecule has 0 amide bonds. The molecular weight excluding hydrogens is 227 g/mol. The number of hydrogen-bond acceptors (Lipinski definition) is 3. The van der Waals surface area contributed by atoms with Crippen molar-refractivity contribution in [2.45, 2.75) is 6.16 Å². The van der Waals surface area contributed by atoms with E-state index in [1.165, 1.54) is 4.68 Å². The third-order valence-corrected chi connectivity index (χ3v) is 2.97. The zero-order valence-corrected chi connectivity index (χ0v) is 9.59. The van der Waals surface area contributed by atoms with Gasteiger partial charge < -0.3 is 14.4 Å². The van der Waals surface area contributed by atoms with E-state index in [4.69, 9.17) is 4.89 Å². The first-order valence-electron chi connectivity index (χ1n) is 4.73. The predicted octanol–water partition coefficient (Wildman–Crippen LogP) is 0.105. The Hall–Kier alpha value is -1.29. The van der Waals surface area contributed by atoms with Crippen molar-refractivity contribution in [1.82, 2.24) is 5.10 Å². The Kier molecular flexibility index (Phi) is 2.76. The molecule has 1 atom stereocenters. The summed E-state index contributed by atoms with van der Waals surface area (Å²) in [5.41, 5.74) is 1.25. The van der Waals surface area contributed by atoms with Crippen LogP contribution < -0.4 is 9.58 Å². The molecule has 16 heavy (non-hydrogen) atoms. The Morgan fingerprint density at radius 3 is 2.88 bits per heavy atom. The average Bonchev–Trinajstić information content (AvgIpc) is 2.14. The van der Waals surface area contributed by atoms with Crippen LogP contribution in [0.4, 0.5) is 0 Å². The highest BCUT2D eigenvalue weighted by molar-refractivity contribution is 7.49. The molecule has 0 saturated carbocycles. The second kappa shape index (κ2) is 3.94. The van der Waals surface area contributed by atoms with Gasteiger partial charge in [-0.2, -0.15) is 0 Å². The molecule has 0 aliphatic rings. The minimum Gasteiger partial charge on any atom is -0.778 e. The fourth-order valence-corrected chi connectivity index (χ4v) is 2.35. The van der Waals surface area contributed by atoms with Crippen molar-refractivity contribution in [3.05, 3.63) is 36.0 Å². The minimum absolute atomic E-state index is 0.371. The highest BCUT2D eigenvalue weighted by Gasteiger charge is 2.13. The molecule has 0 radical (unpaired) electrons. The van der Waals surface area contributed by atoms with Crippen molar-refractivity contribution in [2.24, 2.45) is 7.05 Å². The molecule has 1 unspecified atom stereocenters. The molecule has 0 saturated heterocycles. The molecule has 1 aromatic carbocycles. The number of aromatic nitrogens is 2. The van der Waals surface area contributed by atoms with Crippen LogP contribution >= 0.6 is 7.60 Å². The lowest BCUT2D eigenvalue weighted by Crippen LogP contribution is -2.33. The quantitative estimate of drug-likeness (QED) is 0.594. The highest BCUT2D eigenvalue weighted by atomic mass is 31.2. The zero-order chi connectivity index (χ0) is 11.8. The molecule has 2 aromatic rings. The van der Waals surface area contributed by atoms with E-state index in [1.54, 1.807) is 31.4 Å². The van der Waals surface area contributed by atoms with Crippen LogP contribution in [0.3, 0.4) is 0 Å². The second-order valence-corrected chi connectivity index (χ2v) is 5.23. The lowest BCUT2D eigenvalue weighted by atomic mass is 10.1. The molecule has 0 aliphatic heterocycles. The molecule has 6 heteroatoms. The van der Waals surface area contributed by atoms with Gasteiger partial charge in [-0.1, -0.05) is 22.9 Å². The number of fused-ring (bicyclic) bond motifs is 1. The lowest BCUT2D eigenvalue weighted by Gasteiger charge is -2.15. The number of hydrogen-bond donors (Lipinski definition) is 1. The van der Waals surface area contributed by atoms with Crippen molar-refractivity contribution in [3.63, 3.8) is 0 Å². The van der Waals surface area contributed by atoms with Crippen molar-refractivity contribution < 1.29 is 19.0 Å². The summed E-state index contributed by atoms with van der Waals surface area (Å²) in [6.45, 7) is 0. The molecule has 2 rings (SSSR count). The summed E-state index contributed by atoms with van der Waals surface area (Å²) in [6, 6.07) is 7.22. The van der Waals surface area contributed by atoms with Gasteiger partial charge in [-0.25, -0.2) is 0 Å². The third-order valence-electron chi connectivity index (χ3n) is 2.23. The van der Waals surface area contributed by atoms with Crippen LogP contribution in [0.15, 0.2) is 30.5 Å². The van der Waals surface area contributed by atoms with Crippen LogP contribution in [0.2, 0.25) is 0 Å². The van der Waals surface area contributed by atoms with E-state index >= 15 is 0 Å². The van der Waals surface area contributed by atoms with Gasteiger partial charge in [0.1, 0.15) is 13.1 Å². The molecule has 0 aliphatic carbocycles. The fourth-order valence-electron chi connectivity index (χ4n) is 1.67. The largest absolute Gasteiger partial charge is 0.778 e. The highest BCUT2D eigenvalue weighted by Crippen LogP contribution is 2.35. The summed E-state index contributed by atoms with van der Waals surface area (Å²) >= 11 is 0. The van der Waals surface area contributed by atoms with Crippen molar-refractivity contribution in [3.8, 4) is 0 Å². The summed E-state index contributed by atoms with van der Waals surface area (Å²) in [5, 5.41) is 4.95. The summed E-state index contributed by atoms with van der Waals surface area (Å²) < 4.78 is 12.4. The topological polar surface area (TPSA) is 77.1 Å². The Bertz CT molecular complexity index is 579. The molecule has 1 N–H and O–H groups in total. The van der Waals surface area contributed by atoms with Gasteiger partial charge in [0.2, 0.25) is 0 Å². The second-order valence-electron chi connectivity index (χ2n) is 3.64. The van der Waals surface area contributed by atoms with Crippen LogP contribution in [0.1, 0.15) is 5.56 Å². The summed E-state index contributed by atoms with van der Waals surface area (Å²) in [7, 11) is -2.59. The van der Waals surface area contributed by atoms with E-state index in [9.17, 15) is 9.46 Å². The first-order chi connectivity index (χ1) is 7.46. The van der Waals surface area contributed by atoms with E-state index in [-0.39, 0.29) is 6.16 Å². The van der Waals surface area contributed by atoms with Gasteiger partial charge in [-0.3, -0.25) is 0 Å². The Labute approximate surface area is 92.5 Å². The van der Waals surface area contributed by atoms with E-state index in [2.05, 4.69) is 5.10 Å². The van der Waals surface area contributed by atoms with E-state index < -0.39 is 7.60 Å². The van der Waals surface area contributed by atoms with Gasteiger partial charge in [0, 0.05) is 17.1 Å². The lowest BCUT2D eigenvalue weighted by molar-refractivity contribution is -0.728. The SMILES string of the molecule is C[n+]1cc(CP(=O)([O-])O)c2ccccc2n1. The monoisotopic (exact) mass is 238 g/mol. The maximum absolute atomic E-state index is 10.9. The molecule has 0 bridgehead atoms. The maximum Gasteiger partial charge on any atom is 0.200 e. The van der Waals surface area contributed by atoms with Crippen molar-refractivity contribution >= 4 is 18.5 Å². The van der Waals surface area contributed by atoms with Gasteiger partial charge in [-0.05, 0) is 11.2 Å². The number of benzene rings is 1. The normalized spacial score (nSPS) is 14.9. The van der Waals surface area contributed by atoms with Crippen LogP contribution in [0.25, 0.3) is 10.9 Å². The number of rotatable bonds is 2. The van der Waals surface area contributed by atoms with Crippen LogP contribution in [-0.2, 0) is 17.8 Å². The van der Waals surface area contributed by atoms with Gasteiger partial charge >= 0.3 is 0 Å². The maximum atomic E-state index is 10.9. The molecule has 0 fully saturated rings. The van der Waals surface area contributed by atoms with Gasteiger partial charge in [0.05, 0.1) is 0 Å².